The molecule has 0 saturated carbocycles. The lowest BCUT2D eigenvalue weighted by Crippen LogP contribution is -2.32. The van der Waals surface area contributed by atoms with Gasteiger partial charge in [0.25, 0.3) is 5.91 Å². The number of halogens is 1. The van der Waals surface area contributed by atoms with Crippen LogP contribution < -0.4 is 10.1 Å². The van der Waals surface area contributed by atoms with Crippen LogP contribution in [0.25, 0.3) is 0 Å². The van der Waals surface area contributed by atoms with Gasteiger partial charge >= 0.3 is 0 Å². The van der Waals surface area contributed by atoms with Crippen LogP contribution >= 0.6 is 15.9 Å². The second-order valence-corrected chi connectivity index (χ2v) is 5.29. The predicted octanol–water partition coefficient (Wildman–Crippen LogP) is 3.10. The van der Waals surface area contributed by atoms with Crippen molar-refractivity contribution in [2.24, 2.45) is 0 Å². The molecule has 102 valence electrons. The Morgan fingerprint density at radius 2 is 2.15 bits per heavy atom. The number of nitrogens with zero attached hydrogens (tertiary/aromatic N) is 1. The van der Waals surface area contributed by atoms with Crippen LogP contribution in [0.2, 0.25) is 0 Å². The minimum atomic E-state index is -0.133. The molecule has 1 aliphatic rings. The van der Waals surface area contributed by atoms with Gasteiger partial charge in [-0.05, 0) is 34.1 Å². The molecule has 3 rings (SSSR count). The molecule has 1 aromatic heterocycles. The van der Waals surface area contributed by atoms with Gasteiger partial charge in [0.2, 0.25) is 0 Å². The van der Waals surface area contributed by atoms with Crippen molar-refractivity contribution in [1.82, 2.24) is 10.3 Å². The Kier molecular flexibility index (Phi) is 3.69. The highest BCUT2D eigenvalue weighted by Gasteiger charge is 2.23. The number of hydrogen-bond acceptors (Lipinski definition) is 3. The summed E-state index contributed by atoms with van der Waals surface area (Å²) in [4.78, 5) is 16.4. The number of pyridine rings is 1. The molecule has 1 atom stereocenters. The van der Waals surface area contributed by atoms with Gasteiger partial charge in [-0.15, -0.1) is 0 Å². The maximum absolute atomic E-state index is 12.3. The van der Waals surface area contributed by atoms with E-state index < -0.39 is 0 Å². The molecule has 1 amide bonds. The number of carbonyl (C=O) groups excluding carboxylic acids is 1. The first-order valence-electron chi connectivity index (χ1n) is 6.39. The van der Waals surface area contributed by atoms with Crippen molar-refractivity contribution >= 4 is 21.8 Å². The van der Waals surface area contributed by atoms with Gasteiger partial charge in [0.15, 0.2) is 0 Å². The number of benzene rings is 1. The second-order valence-electron chi connectivity index (χ2n) is 4.54. The number of hydrogen-bond donors (Lipinski definition) is 1. The average Bonchev–Trinajstić information content (AvgIpc) is 2.48. The molecule has 0 fully saturated rings. The van der Waals surface area contributed by atoms with E-state index in [-0.39, 0.29) is 11.9 Å². The zero-order valence-electron chi connectivity index (χ0n) is 10.7. The molecule has 1 N–H and O–H groups in total. The molecule has 2 aromatic rings. The van der Waals surface area contributed by atoms with Crippen LogP contribution in [0.4, 0.5) is 0 Å². The van der Waals surface area contributed by atoms with Crippen molar-refractivity contribution in [2.45, 2.75) is 12.5 Å². The predicted molar refractivity (Wildman–Crippen MR) is 78.7 cm³/mol. The van der Waals surface area contributed by atoms with E-state index >= 15 is 0 Å². The van der Waals surface area contributed by atoms with Crippen LogP contribution in [0.1, 0.15) is 28.4 Å². The maximum atomic E-state index is 12.3. The molecule has 2 heterocycles. The smallest absolute Gasteiger partial charge is 0.254 e. The largest absolute Gasteiger partial charge is 0.493 e. The number of rotatable bonds is 2. The van der Waals surface area contributed by atoms with Crippen molar-refractivity contribution in [3.8, 4) is 5.75 Å². The van der Waals surface area contributed by atoms with Crippen LogP contribution in [-0.2, 0) is 0 Å². The molecule has 0 aliphatic carbocycles. The van der Waals surface area contributed by atoms with Crippen molar-refractivity contribution in [1.29, 1.82) is 0 Å². The van der Waals surface area contributed by atoms with Gasteiger partial charge in [-0.3, -0.25) is 4.79 Å². The first-order chi connectivity index (χ1) is 9.75. The SMILES string of the molecule is O=C(NC1CCOc2ccccc21)c1cccnc1Br. The summed E-state index contributed by atoms with van der Waals surface area (Å²) in [5, 5.41) is 3.04. The van der Waals surface area contributed by atoms with Gasteiger partial charge in [0.1, 0.15) is 10.4 Å². The standard InChI is InChI=1S/C15H13BrN2O2/c16-14-11(5-3-8-17-14)15(19)18-12-7-9-20-13-6-2-1-4-10(12)13/h1-6,8,12H,7,9H2,(H,18,19). The fraction of sp³-hybridized carbons (Fsp3) is 0.200. The zero-order chi connectivity index (χ0) is 13.9. The van der Waals surface area contributed by atoms with Gasteiger partial charge in [-0.25, -0.2) is 4.98 Å². The van der Waals surface area contributed by atoms with Crippen molar-refractivity contribution in [3.63, 3.8) is 0 Å². The monoisotopic (exact) mass is 332 g/mol. The summed E-state index contributed by atoms with van der Waals surface area (Å²) in [6.45, 7) is 0.607. The van der Waals surface area contributed by atoms with E-state index in [2.05, 4.69) is 26.2 Å². The molecular weight excluding hydrogens is 320 g/mol. The van der Waals surface area contributed by atoms with E-state index in [4.69, 9.17) is 4.74 Å². The maximum Gasteiger partial charge on any atom is 0.254 e. The van der Waals surface area contributed by atoms with E-state index in [0.29, 0.717) is 16.8 Å². The highest BCUT2D eigenvalue weighted by Crippen LogP contribution is 2.31. The third-order valence-corrected chi connectivity index (χ3v) is 3.90. The zero-order valence-corrected chi connectivity index (χ0v) is 12.3. The summed E-state index contributed by atoms with van der Waals surface area (Å²) in [6.07, 6.45) is 2.41. The molecule has 1 aliphatic heterocycles. The fourth-order valence-electron chi connectivity index (χ4n) is 2.28. The Hall–Kier alpha value is -1.88. The number of fused-ring (bicyclic) bond motifs is 1. The number of para-hydroxylation sites is 1. The van der Waals surface area contributed by atoms with Gasteiger partial charge in [0, 0.05) is 18.2 Å². The summed E-state index contributed by atoms with van der Waals surface area (Å²) in [7, 11) is 0. The number of carbonyl (C=O) groups is 1. The molecule has 0 spiro atoms. The van der Waals surface area contributed by atoms with E-state index in [1.807, 2.05) is 24.3 Å². The molecule has 4 nitrogen and oxygen atoms in total. The quantitative estimate of drug-likeness (QED) is 0.860. The normalized spacial score (nSPS) is 16.9. The summed E-state index contributed by atoms with van der Waals surface area (Å²) >= 11 is 3.30. The molecule has 1 unspecified atom stereocenters. The molecule has 20 heavy (non-hydrogen) atoms. The Labute approximate surface area is 125 Å². The highest BCUT2D eigenvalue weighted by atomic mass is 79.9. The molecule has 0 bridgehead atoms. The molecular formula is C15H13BrN2O2. The fourth-order valence-corrected chi connectivity index (χ4v) is 2.71. The number of nitrogens with one attached hydrogen (secondary N) is 1. The Morgan fingerprint density at radius 3 is 3.00 bits per heavy atom. The first-order valence-corrected chi connectivity index (χ1v) is 7.18. The van der Waals surface area contributed by atoms with Crippen LogP contribution in [0.3, 0.4) is 0 Å². The lowest BCUT2D eigenvalue weighted by Gasteiger charge is -2.26. The average molecular weight is 333 g/mol. The summed E-state index contributed by atoms with van der Waals surface area (Å²) in [5.74, 6) is 0.709. The van der Waals surface area contributed by atoms with Crippen LogP contribution in [0.15, 0.2) is 47.2 Å². The Bertz CT molecular complexity index is 645. The van der Waals surface area contributed by atoms with Crippen LogP contribution in [0.5, 0.6) is 5.75 Å². The van der Waals surface area contributed by atoms with Gasteiger partial charge < -0.3 is 10.1 Å². The Balaban J connectivity index is 1.83. The molecule has 0 saturated heterocycles. The minimum Gasteiger partial charge on any atom is -0.493 e. The summed E-state index contributed by atoms with van der Waals surface area (Å²) in [5.41, 5.74) is 1.56. The van der Waals surface area contributed by atoms with Crippen LogP contribution in [-0.4, -0.2) is 17.5 Å². The topological polar surface area (TPSA) is 51.2 Å². The minimum absolute atomic E-state index is 0.0282. The van der Waals surface area contributed by atoms with E-state index in [9.17, 15) is 4.79 Å². The third-order valence-electron chi connectivity index (χ3n) is 3.27. The first kappa shape index (κ1) is 13.1. The third kappa shape index (κ3) is 2.54. The Morgan fingerprint density at radius 1 is 1.30 bits per heavy atom. The van der Waals surface area contributed by atoms with Crippen molar-refractivity contribution in [3.05, 3.63) is 58.3 Å². The van der Waals surface area contributed by atoms with Crippen LogP contribution in [0, 0.1) is 0 Å². The van der Waals surface area contributed by atoms with E-state index in [0.717, 1.165) is 17.7 Å². The lowest BCUT2D eigenvalue weighted by atomic mass is 10.0. The van der Waals surface area contributed by atoms with E-state index in [1.165, 1.54) is 0 Å². The highest BCUT2D eigenvalue weighted by molar-refractivity contribution is 9.10. The number of aromatic nitrogens is 1. The van der Waals surface area contributed by atoms with Gasteiger partial charge in [-0.1, -0.05) is 18.2 Å². The molecule has 0 radical (unpaired) electrons. The number of amides is 1. The van der Waals surface area contributed by atoms with Gasteiger partial charge in [0.05, 0.1) is 18.2 Å². The second kappa shape index (κ2) is 5.63. The summed E-state index contributed by atoms with van der Waals surface area (Å²) in [6, 6.07) is 11.3. The number of ether oxygens (including phenoxy) is 1. The summed E-state index contributed by atoms with van der Waals surface area (Å²) < 4.78 is 6.15. The molecule has 5 heteroatoms. The van der Waals surface area contributed by atoms with Crippen molar-refractivity contribution < 1.29 is 9.53 Å². The lowest BCUT2D eigenvalue weighted by molar-refractivity contribution is 0.0923. The molecule has 1 aromatic carbocycles. The van der Waals surface area contributed by atoms with Crippen molar-refractivity contribution in [2.75, 3.05) is 6.61 Å². The van der Waals surface area contributed by atoms with Gasteiger partial charge in [-0.2, -0.15) is 0 Å². The van der Waals surface area contributed by atoms with E-state index in [1.54, 1.807) is 18.3 Å².